The first kappa shape index (κ1) is 12.3. The second-order valence-corrected chi connectivity index (χ2v) is 4.02. The highest BCUT2D eigenvalue weighted by molar-refractivity contribution is 5.76. The van der Waals surface area contributed by atoms with E-state index in [-0.39, 0.29) is 12.1 Å². The molecule has 0 saturated heterocycles. The first-order valence-electron chi connectivity index (χ1n) is 5.38. The standard InChI is InChI=1S/C13H18N2O/c1-10(2)15-13(16)14-8-7-12-6-4-5-11(3)9-12/h4-10H,1-3H3,(H2,14,15,16)/b8-7+. The largest absolute Gasteiger partial charge is 0.336 e. The molecule has 0 aliphatic carbocycles. The number of carbonyl (C=O) groups is 1. The van der Waals surface area contributed by atoms with Crippen LogP contribution >= 0.6 is 0 Å². The van der Waals surface area contributed by atoms with Gasteiger partial charge in [-0.15, -0.1) is 0 Å². The van der Waals surface area contributed by atoms with Gasteiger partial charge in [-0.2, -0.15) is 0 Å². The molecule has 2 N–H and O–H groups in total. The van der Waals surface area contributed by atoms with E-state index in [1.807, 2.05) is 45.0 Å². The molecule has 0 aliphatic heterocycles. The van der Waals surface area contributed by atoms with E-state index in [1.54, 1.807) is 6.20 Å². The van der Waals surface area contributed by atoms with Crippen molar-refractivity contribution < 1.29 is 4.79 Å². The van der Waals surface area contributed by atoms with Gasteiger partial charge in [0, 0.05) is 12.2 Å². The SMILES string of the molecule is Cc1cccc(/C=C/NC(=O)NC(C)C)c1. The van der Waals surface area contributed by atoms with Gasteiger partial charge in [0.05, 0.1) is 0 Å². The summed E-state index contributed by atoms with van der Waals surface area (Å²) in [6.07, 6.45) is 3.51. The average molecular weight is 218 g/mol. The summed E-state index contributed by atoms with van der Waals surface area (Å²) in [5.41, 5.74) is 2.28. The number of hydrogen-bond donors (Lipinski definition) is 2. The molecule has 16 heavy (non-hydrogen) atoms. The van der Waals surface area contributed by atoms with Crippen molar-refractivity contribution in [3.8, 4) is 0 Å². The lowest BCUT2D eigenvalue weighted by atomic mass is 10.1. The smallest absolute Gasteiger partial charge is 0.318 e. The van der Waals surface area contributed by atoms with Gasteiger partial charge in [0.2, 0.25) is 0 Å². The van der Waals surface area contributed by atoms with E-state index in [2.05, 4.69) is 16.7 Å². The Kier molecular flexibility index (Phi) is 4.58. The monoisotopic (exact) mass is 218 g/mol. The van der Waals surface area contributed by atoms with Crippen LogP contribution in [0.4, 0.5) is 4.79 Å². The van der Waals surface area contributed by atoms with Gasteiger partial charge in [-0.1, -0.05) is 29.8 Å². The molecule has 3 nitrogen and oxygen atoms in total. The van der Waals surface area contributed by atoms with E-state index in [4.69, 9.17) is 0 Å². The summed E-state index contributed by atoms with van der Waals surface area (Å²) in [4.78, 5) is 11.2. The topological polar surface area (TPSA) is 41.1 Å². The van der Waals surface area contributed by atoms with Crippen LogP contribution in [0.25, 0.3) is 6.08 Å². The number of amides is 2. The number of nitrogens with one attached hydrogen (secondary N) is 2. The highest BCUT2D eigenvalue weighted by atomic mass is 16.2. The van der Waals surface area contributed by atoms with Crippen molar-refractivity contribution >= 4 is 12.1 Å². The van der Waals surface area contributed by atoms with Crippen molar-refractivity contribution in [3.63, 3.8) is 0 Å². The molecule has 1 rings (SSSR count). The second kappa shape index (κ2) is 5.95. The fraction of sp³-hybridized carbons (Fsp3) is 0.308. The Morgan fingerprint density at radius 2 is 2.12 bits per heavy atom. The van der Waals surface area contributed by atoms with Gasteiger partial charge in [-0.05, 0) is 32.4 Å². The minimum atomic E-state index is -0.182. The van der Waals surface area contributed by atoms with E-state index in [1.165, 1.54) is 5.56 Å². The number of benzene rings is 1. The summed E-state index contributed by atoms with van der Waals surface area (Å²) in [6, 6.07) is 8.04. The van der Waals surface area contributed by atoms with Crippen molar-refractivity contribution in [2.45, 2.75) is 26.8 Å². The van der Waals surface area contributed by atoms with Crippen LogP contribution in [0.2, 0.25) is 0 Å². The van der Waals surface area contributed by atoms with Crippen molar-refractivity contribution in [2.24, 2.45) is 0 Å². The van der Waals surface area contributed by atoms with Gasteiger partial charge in [0.1, 0.15) is 0 Å². The predicted octanol–water partition coefficient (Wildman–Crippen LogP) is 2.67. The maximum atomic E-state index is 11.2. The van der Waals surface area contributed by atoms with Crippen molar-refractivity contribution in [1.82, 2.24) is 10.6 Å². The Balaban J connectivity index is 2.46. The first-order chi connectivity index (χ1) is 7.58. The van der Waals surface area contributed by atoms with E-state index < -0.39 is 0 Å². The van der Waals surface area contributed by atoms with Gasteiger partial charge in [0.25, 0.3) is 0 Å². The highest BCUT2D eigenvalue weighted by Gasteiger charge is 1.97. The molecule has 0 atom stereocenters. The van der Waals surface area contributed by atoms with Crippen LogP contribution in [0.5, 0.6) is 0 Å². The van der Waals surface area contributed by atoms with E-state index >= 15 is 0 Å². The molecule has 0 aromatic heterocycles. The van der Waals surface area contributed by atoms with Crippen molar-refractivity contribution in [3.05, 3.63) is 41.6 Å². The number of aryl methyl sites for hydroxylation is 1. The summed E-state index contributed by atoms with van der Waals surface area (Å²) in [6.45, 7) is 5.88. The quantitative estimate of drug-likeness (QED) is 0.804. The average Bonchev–Trinajstić information content (AvgIpc) is 2.16. The molecule has 0 unspecified atom stereocenters. The summed E-state index contributed by atoms with van der Waals surface area (Å²) in [5.74, 6) is 0. The molecule has 0 fully saturated rings. The molecule has 3 heteroatoms. The maximum absolute atomic E-state index is 11.2. The van der Waals surface area contributed by atoms with Gasteiger partial charge in [0.15, 0.2) is 0 Å². The zero-order valence-corrected chi connectivity index (χ0v) is 9.95. The number of hydrogen-bond acceptors (Lipinski definition) is 1. The lowest BCUT2D eigenvalue weighted by Gasteiger charge is -2.06. The minimum Gasteiger partial charge on any atom is -0.336 e. The van der Waals surface area contributed by atoms with E-state index in [0.717, 1.165) is 5.56 Å². The molecular weight excluding hydrogens is 200 g/mol. The Morgan fingerprint density at radius 1 is 1.38 bits per heavy atom. The normalized spacial score (nSPS) is 10.8. The van der Waals surface area contributed by atoms with E-state index in [0.29, 0.717) is 0 Å². The molecule has 86 valence electrons. The molecule has 0 bridgehead atoms. The fourth-order valence-corrected chi connectivity index (χ4v) is 1.29. The molecule has 1 aromatic carbocycles. The van der Waals surface area contributed by atoms with Gasteiger partial charge in [-0.25, -0.2) is 4.79 Å². The van der Waals surface area contributed by atoms with Crippen LogP contribution in [0.1, 0.15) is 25.0 Å². The fourth-order valence-electron chi connectivity index (χ4n) is 1.29. The van der Waals surface area contributed by atoms with Crippen molar-refractivity contribution in [1.29, 1.82) is 0 Å². The molecule has 0 saturated carbocycles. The summed E-state index contributed by atoms with van der Waals surface area (Å²) >= 11 is 0. The molecule has 0 spiro atoms. The van der Waals surface area contributed by atoms with Crippen LogP contribution in [0, 0.1) is 6.92 Å². The van der Waals surface area contributed by atoms with Gasteiger partial charge < -0.3 is 10.6 Å². The lowest BCUT2D eigenvalue weighted by Crippen LogP contribution is -2.36. The summed E-state index contributed by atoms with van der Waals surface area (Å²) in [7, 11) is 0. The third-order valence-electron chi connectivity index (χ3n) is 1.95. The maximum Gasteiger partial charge on any atom is 0.318 e. The Hall–Kier alpha value is -1.77. The molecule has 1 aromatic rings. The molecule has 0 radical (unpaired) electrons. The number of carbonyl (C=O) groups excluding carboxylic acids is 1. The second-order valence-electron chi connectivity index (χ2n) is 4.02. The van der Waals surface area contributed by atoms with Crippen LogP contribution in [0.15, 0.2) is 30.5 Å². The number of urea groups is 1. The Labute approximate surface area is 96.6 Å². The first-order valence-corrected chi connectivity index (χ1v) is 5.38. The zero-order valence-electron chi connectivity index (χ0n) is 9.95. The van der Waals surface area contributed by atoms with Crippen LogP contribution in [0.3, 0.4) is 0 Å². The Bertz CT molecular complexity index is 383. The van der Waals surface area contributed by atoms with Crippen LogP contribution in [-0.4, -0.2) is 12.1 Å². The molecule has 2 amide bonds. The van der Waals surface area contributed by atoms with Crippen LogP contribution < -0.4 is 10.6 Å². The lowest BCUT2D eigenvalue weighted by molar-refractivity contribution is 0.242. The molecular formula is C13H18N2O. The zero-order chi connectivity index (χ0) is 12.0. The van der Waals surface area contributed by atoms with Crippen molar-refractivity contribution in [2.75, 3.05) is 0 Å². The molecule has 0 aliphatic rings. The third kappa shape index (κ3) is 4.64. The molecule has 0 heterocycles. The predicted molar refractivity (Wildman–Crippen MR) is 67.0 cm³/mol. The minimum absolute atomic E-state index is 0.146. The van der Waals surface area contributed by atoms with Gasteiger partial charge >= 0.3 is 6.03 Å². The summed E-state index contributed by atoms with van der Waals surface area (Å²) in [5, 5.41) is 5.39. The summed E-state index contributed by atoms with van der Waals surface area (Å²) < 4.78 is 0. The number of rotatable bonds is 3. The van der Waals surface area contributed by atoms with Crippen LogP contribution in [-0.2, 0) is 0 Å². The van der Waals surface area contributed by atoms with E-state index in [9.17, 15) is 4.79 Å². The highest BCUT2D eigenvalue weighted by Crippen LogP contribution is 2.04. The third-order valence-corrected chi connectivity index (χ3v) is 1.95. The van der Waals surface area contributed by atoms with Gasteiger partial charge in [-0.3, -0.25) is 0 Å². The Morgan fingerprint density at radius 3 is 2.75 bits per heavy atom.